The molecule has 26 heavy (non-hydrogen) atoms. The van der Waals surface area contributed by atoms with E-state index in [1.807, 2.05) is 0 Å². The zero-order valence-electron chi connectivity index (χ0n) is 14.5. The summed E-state index contributed by atoms with van der Waals surface area (Å²) in [5.41, 5.74) is -0.00275. The van der Waals surface area contributed by atoms with E-state index in [0.29, 0.717) is 39.4 Å². The summed E-state index contributed by atoms with van der Waals surface area (Å²) in [4.78, 5) is 27.9. The third-order valence-corrected chi connectivity index (χ3v) is 4.93. The summed E-state index contributed by atoms with van der Waals surface area (Å²) in [5.74, 6) is -1.10. The molecule has 0 bridgehead atoms. The van der Waals surface area contributed by atoms with Gasteiger partial charge in [0.05, 0.1) is 11.7 Å². The monoisotopic (exact) mass is 384 g/mol. The molecule has 0 radical (unpaired) electrons. The van der Waals surface area contributed by atoms with Crippen molar-refractivity contribution in [2.45, 2.75) is 18.9 Å². The lowest BCUT2D eigenvalue weighted by atomic mass is 10.1. The highest BCUT2D eigenvalue weighted by atomic mass is 35.5. The van der Waals surface area contributed by atoms with Gasteiger partial charge < -0.3 is 19.3 Å². The van der Waals surface area contributed by atoms with E-state index in [1.165, 1.54) is 12.1 Å². The summed E-state index contributed by atoms with van der Waals surface area (Å²) in [6.45, 7) is 2.94. The third kappa shape index (κ3) is 4.72. The second-order valence-electron chi connectivity index (χ2n) is 6.42. The lowest BCUT2D eigenvalue weighted by molar-refractivity contribution is -0.141. The Hall–Kier alpha value is -1.70. The predicted molar refractivity (Wildman–Crippen MR) is 93.7 cm³/mol. The number of amides is 2. The fraction of sp³-hybridized carbons (Fsp3) is 0.556. The molecular weight excluding hydrogens is 363 g/mol. The van der Waals surface area contributed by atoms with Crippen molar-refractivity contribution < 1.29 is 23.5 Å². The number of halogens is 2. The fourth-order valence-corrected chi connectivity index (χ4v) is 3.27. The Morgan fingerprint density at radius 1 is 1.15 bits per heavy atom. The van der Waals surface area contributed by atoms with Gasteiger partial charge >= 0.3 is 0 Å². The third-order valence-electron chi connectivity index (χ3n) is 4.69. The van der Waals surface area contributed by atoms with Gasteiger partial charge in [-0.2, -0.15) is 0 Å². The Morgan fingerprint density at radius 2 is 1.81 bits per heavy atom. The molecule has 0 saturated carbocycles. The van der Waals surface area contributed by atoms with Gasteiger partial charge in [-0.1, -0.05) is 11.6 Å². The van der Waals surface area contributed by atoms with E-state index in [4.69, 9.17) is 21.1 Å². The van der Waals surface area contributed by atoms with Crippen molar-refractivity contribution in [3.05, 3.63) is 34.6 Å². The maximum absolute atomic E-state index is 13.9. The Morgan fingerprint density at radius 3 is 2.46 bits per heavy atom. The average Bonchev–Trinajstić information content (AvgIpc) is 2.66. The SMILES string of the molecule is O=C(COC1CCOCC1)N1CCN(C(=O)c2ccc(Cl)cc2F)CC1. The van der Waals surface area contributed by atoms with E-state index in [1.54, 1.807) is 9.80 Å². The highest BCUT2D eigenvalue weighted by Gasteiger charge is 2.27. The molecule has 0 aliphatic carbocycles. The molecule has 2 aliphatic rings. The zero-order valence-corrected chi connectivity index (χ0v) is 15.2. The van der Waals surface area contributed by atoms with Gasteiger partial charge in [0.2, 0.25) is 5.91 Å². The predicted octanol–water partition coefficient (Wildman–Crippen LogP) is 1.96. The van der Waals surface area contributed by atoms with Crippen LogP contribution >= 0.6 is 11.6 Å². The lowest BCUT2D eigenvalue weighted by Gasteiger charge is -2.35. The first-order valence-electron chi connectivity index (χ1n) is 8.76. The molecule has 142 valence electrons. The lowest BCUT2D eigenvalue weighted by Crippen LogP contribution is -2.51. The molecule has 0 aromatic heterocycles. The Labute approximate surface area is 156 Å². The maximum Gasteiger partial charge on any atom is 0.256 e. The number of benzene rings is 1. The summed E-state index contributed by atoms with van der Waals surface area (Å²) < 4.78 is 24.8. The Balaban J connectivity index is 1.47. The number of nitrogens with zero attached hydrogens (tertiary/aromatic N) is 2. The number of hydrogen-bond acceptors (Lipinski definition) is 4. The maximum atomic E-state index is 13.9. The van der Waals surface area contributed by atoms with Crippen LogP contribution in [-0.2, 0) is 14.3 Å². The smallest absolute Gasteiger partial charge is 0.256 e. The highest BCUT2D eigenvalue weighted by Crippen LogP contribution is 2.17. The average molecular weight is 385 g/mol. The van der Waals surface area contributed by atoms with Crippen molar-refractivity contribution in [2.75, 3.05) is 46.0 Å². The molecule has 6 nitrogen and oxygen atoms in total. The van der Waals surface area contributed by atoms with E-state index >= 15 is 0 Å². The van der Waals surface area contributed by atoms with E-state index in [9.17, 15) is 14.0 Å². The number of hydrogen-bond donors (Lipinski definition) is 0. The summed E-state index contributed by atoms with van der Waals surface area (Å²) in [5, 5.41) is 0.249. The molecule has 2 saturated heterocycles. The fourth-order valence-electron chi connectivity index (χ4n) is 3.12. The molecule has 2 fully saturated rings. The van der Waals surface area contributed by atoms with Crippen molar-refractivity contribution in [3.63, 3.8) is 0 Å². The van der Waals surface area contributed by atoms with Crippen LogP contribution in [0, 0.1) is 5.82 Å². The van der Waals surface area contributed by atoms with Crippen molar-refractivity contribution in [1.82, 2.24) is 9.80 Å². The Kier molecular flexibility index (Phi) is 6.45. The molecule has 0 N–H and O–H groups in total. The molecule has 0 atom stereocenters. The summed E-state index contributed by atoms with van der Waals surface area (Å²) in [6.07, 6.45) is 1.69. The molecule has 2 amide bonds. The quantitative estimate of drug-likeness (QED) is 0.796. The van der Waals surface area contributed by atoms with Gasteiger partial charge in [0, 0.05) is 44.4 Å². The second-order valence-corrected chi connectivity index (χ2v) is 6.86. The minimum absolute atomic E-state index is 0.00275. The molecular formula is C18H22ClFN2O4. The molecule has 0 spiro atoms. The molecule has 0 unspecified atom stereocenters. The van der Waals surface area contributed by atoms with E-state index in [2.05, 4.69) is 0 Å². The van der Waals surface area contributed by atoms with Crippen molar-refractivity contribution >= 4 is 23.4 Å². The van der Waals surface area contributed by atoms with Crippen molar-refractivity contribution in [2.24, 2.45) is 0 Å². The first-order chi connectivity index (χ1) is 12.5. The summed E-state index contributed by atoms with van der Waals surface area (Å²) >= 11 is 5.72. The summed E-state index contributed by atoms with van der Waals surface area (Å²) in [6, 6.07) is 4.01. The highest BCUT2D eigenvalue weighted by molar-refractivity contribution is 6.30. The molecule has 2 heterocycles. The van der Waals surface area contributed by atoms with E-state index in [0.717, 1.165) is 18.9 Å². The second kappa shape index (κ2) is 8.79. The van der Waals surface area contributed by atoms with Gasteiger partial charge in [0.1, 0.15) is 12.4 Å². The minimum atomic E-state index is -0.633. The molecule has 8 heteroatoms. The normalized spacial score (nSPS) is 18.8. The Bertz CT molecular complexity index is 659. The van der Waals surface area contributed by atoms with Crippen LogP contribution in [0.5, 0.6) is 0 Å². The number of rotatable bonds is 4. The van der Waals surface area contributed by atoms with Crippen LogP contribution in [0.4, 0.5) is 4.39 Å². The largest absolute Gasteiger partial charge is 0.381 e. The van der Waals surface area contributed by atoms with E-state index < -0.39 is 5.82 Å². The topological polar surface area (TPSA) is 59.1 Å². The van der Waals surface area contributed by atoms with Crippen molar-refractivity contribution in [1.29, 1.82) is 0 Å². The number of carbonyl (C=O) groups is 2. The first kappa shape index (κ1) is 19.1. The first-order valence-corrected chi connectivity index (χ1v) is 9.14. The van der Waals surface area contributed by atoms with Crippen LogP contribution in [-0.4, -0.2) is 73.7 Å². The molecule has 1 aromatic carbocycles. The van der Waals surface area contributed by atoms with Crippen LogP contribution < -0.4 is 0 Å². The van der Waals surface area contributed by atoms with Gasteiger partial charge in [-0.25, -0.2) is 4.39 Å². The molecule has 2 aliphatic heterocycles. The van der Waals surface area contributed by atoms with Gasteiger partial charge in [-0.05, 0) is 31.0 Å². The van der Waals surface area contributed by atoms with Crippen molar-refractivity contribution in [3.8, 4) is 0 Å². The number of carbonyl (C=O) groups excluding carboxylic acids is 2. The zero-order chi connectivity index (χ0) is 18.5. The standard InChI is InChI=1S/C18H22ClFN2O4/c19-13-1-2-15(16(20)11-13)18(24)22-7-5-21(6-8-22)17(23)12-26-14-3-9-25-10-4-14/h1-2,11,14H,3-10,12H2. The van der Waals surface area contributed by atoms with Crippen LogP contribution in [0.1, 0.15) is 23.2 Å². The van der Waals surface area contributed by atoms with Gasteiger partial charge in [-0.15, -0.1) is 0 Å². The van der Waals surface area contributed by atoms with Crippen LogP contribution in [0.25, 0.3) is 0 Å². The van der Waals surface area contributed by atoms with Gasteiger partial charge in [-0.3, -0.25) is 9.59 Å². The van der Waals surface area contributed by atoms with Gasteiger partial charge in [0.25, 0.3) is 5.91 Å². The number of ether oxygens (including phenoxy) is 2. The summed E-state index contributed by atoms with van der Waals surface area (Å²) in [7, 11) is 0. The van der Waals surface area contributed by atoms with Gasteiger partial charge in [0.15, 0.2) is 0 Å². The van der Waals surface area contributed by atoms with Crippen LogP contribution in [0.3, 0.4) is 0 Å². The minimum Gasteiger partial charge on any atom is -0.381 e. The van der Waals surface area contributed by atoms with E-state index in [-0.39, 0.29) is 35.1 Å². The molecule has 1 aromatic rings. The number of piperazine rings is 1. The van der Waals surface area contributed by atoms with Crippen LogP contribution in [0.2, 0.25) is 5.02 Å². The molecule has 3 rings (SSSR count). The van der Waals surface area contributed by atoms with Crippen LogP contribution in [0.15, 0.2) is 18.2 Å².